The Morgan fingerprint density at radius 1 is 1.04 bits per heavy atom. The first-order valence-corrected chi connectivity index (χ1v) is 10.8. The lowest BCUT2D eigenvalue weighted by Gasteiger charge is -2.29. The Labute approximate surface area is 159 Å². The van der Waals surface area contributed by atoms with Crippen LogP contribution in [0.4, 0.5) is 0 Å². The van der Waals surface area contributed by atoms with Gasteiger partial charge in [-0.05, 0) is 50.2 Å². The summed E-state index contributed by atoms with van der Waals surface area (Å²) in [5, 5.41) is 0. The lowest BCUT2D eigenvalue weighted by molar-refractivity contribution is 0.174. The summed E-state index contributed by atoms with van der Waals surface area (Å²) in [6.07, 6.45) is 6.29. The Kier molecular flexibility index (Phi) is 5.38. The molecule has 0 aliphatic carbocycles. The van der Waals surface area contributed by atoms with Crippen LogP contribution in [0.1, 0.15) is 37.5 Å². The summed E-state index contributed by atoms with van der Waals surface area (Å²) in [5.41, 5.74) is 0. The van der Waals surface area contributed by atoms with Crippen LogP contribution in [0.2, 0.25) is 0 Å². The molecule has 1 N–H and O–H groups in total. The van der Waals surface area contributed by atoms with Crippen molar-refractivity contribution in [1.29, 1.82) is 0 Å². The molecule has 2 aliphatic rings. The van der Waals surface area contributed by atoms with Crippen LogP contribution >= 0.6 is 0 Å². The van der Waals surface area contributed by atoms with E-state index in [9.17, 15) is 8.42 Å². The molecule has 27 heavy (non-hydrogen) atoms. The summed E-state index contributed by atoms with van der Waals surface area (Å²) in [6, 6.07) is 8.27. The molecule has 2 aromatic rings. The lowest BCUT2D eigenvalue weighted by atomic mass is 10.2. The highest BCUT2D eigenvalue weighted by Gasteiger charge is 2.27. The van der Waals surface area contributed by atoms with E-state index >= 15 is 0 Å². The van der Waals surface area contributed by atoms with Crippen LogP contribution in [-0.2, 0) is 10.0 Å². The van der Waals surface area contributed by atoms with Gasteiger partial charge in [-0.25, -0.2) is 13.1 Å². The topological polar surface area (TPSA) is 81.0 Å². The first-order valence-electron chi connectivity index (χ1n) is 9.30. The average Bonchev–Trinajstić information content (AvgIpc) is 3.29. The number of furan rings is 1. The van der Waals surface area contributed by atoms with E-state index in [-0.39, 0.29) is 24.3 Å². The summed E-state index contributed by atoms with van der Waals surface area (Å²) >= 11 is 0. The van der Waals surface area contributed by atoms with Gasteiger partial charge in [-0.3, -0.25) is 4.90 Å². The average molecular weight is 392 g/mol. The van der Waals surface area contributed by atoms with Gasteiger partial charge in [0, 0.05) is 12.6 Å². The number of rotatable bonds is 6. The van der Waals surface area contributed by atoms with Crippen molar-refractivity contribution in [2.24, 2.45) is 0 Å². The first-order chi connectivity index (χ1) is 13.1. The van der Waals surface area contributed by atoms with Crippen molar-refractivity contribution < 1.29 is 22.3 Å². The van der Waals surface area contributed by atoms with Gasteiger partial charge in [0.2, 0.25) is 16.8 Å². The molecule has 0 saturated carbocycles. The molecule has 8 heteroatoms. The Hall–Kier alpha value is -2.03. The number of sulfonamides is 1. The highest BCUT2D eigenvalue weighted by molar-refractivity contribution is 7.89. The van der Waals surface area contributed by atoms with E-state index < -0.39 is 10.0 Å². The van der Waals surface area contributed by atoms with Gasteiger partial charge < -0.3 is 13.9 Å². The minimum atomic E-state index is -3.67. The summed E-state index contributed by atoms with van der Waals surface area (Å²) < 4.78 is 44.5. The van der Waals surface area contributed by atoms with Crippen molar-refractivity contribution in [2.45, 2.75) is 36.6 Å². The summed E-state index contributed by atoms with van der Waals surface area (Å²) in [7, 11) is -3.67. The lowest BCUT2D eigenvalue weighted by Crippen LogP contribution is -2.38. The predicted octanol–water partition coefficient (Wildman–Crippen LogP) is 2.90. The number of likely N-dealkylation sites (tertiary alicyclic amines) is 1. The Balaban J connectivity index is 1.51. The second-order valence-corrected chi connectivity index (χ2v) is 8.62. The van der Waals surface area contributed by atoms with Gasteiger partial charge in [0.05, 0.1) is 17.2 Å². The fourth-order valence-electron chi connectivity index (χ4n) is 3.61. The molecule has 1 aromatic heterocycles. The van der Waals surface area contributed by atoms with E-state index in [4.69, 9.17) is 13.9 Å². The minimum absolute atomic E-state index is 0.113. The molecule has 0 amide bonds. The molecule has 1 fully saturated rings. The van der Waals surface area contributed by atoms with Gasteiger partial charge >= 0.3 is 0 Å². The largest absolute Gasteiger partial charge is 0.468 e. The molecule has 1 saturated heterocycles. The number of nitrogens with zero attached hydrogens (tertiary/aromatic N) is 1. The summed E-state index contributed by atoms with van der Waals surface area (Å²) in [5.74, 6) is 1.80. The zero-order valence-corrected chi connectivity index (χ0v) is 15.9. The molecule has 146 valence electrons. The molecule has 7 nitrogen and oxygen atoms in total. The van der Waals surface area contributed by atoms with Crippen molar-refractivity contribution in [1.82, 2.24) is 9.62 Å². The minimum Gasteiger partial charge on any atom is -0.468 e. The molecule has 0 radical (unpaired) electrons. The van der Waals surface area contributed by atoms with Crippen LogP contribution in [0.15, 0.2) is 45.9 Å². The van der Waals surface area contributed by atoms with Crippen molar-refractivity contribution >= 4 is 10.0 Å². The third-order valence-corrected chi connectivity index (χ3v) is 6.50. The van der Waals surface area contributed by atoms with Crippen molar-refractivity contribution in [3.8, 4) is 11.5 Å². The fraction of sp³-hybridized carbons (Fsp3) is 0.474. The molecule has 1 atom stereocenters. The number of fused-ring (bicyclic) bond motifs is 1. The van der Waals surface area contributed by atoms with Crippen molar-refractivity contribution in [3.05, 3.63) is 42.4 Å². The van der Waals surface area contributed by atoms with E-state index in [1.165, 1.54) is 25.0 Å². The third kappa shape index (κ3) is 4.12. The zero-order valence-electron chi connectivity index (χ0n) is 15.1. The van der Waals surface area contributed by atoms with Gasteiger partial charge in [0.15, 0.2) is 11.5 Å². The molecule has 4 rings (SSSR count). The molecular weight excluding hydrogens is 368 g/mol. The van der Waals surface area contributed by atoms with E-state index in [2.05, 4.69) is 9.62 Å². The number of benzene rings is 1. The third-order valence-electron chi connectivity index (χ3n) is 5.07. The Morgan fingerprint density at radius 2 is 1.81 bits per heavy atom. The summed E-state index contributed by atoms with van der Waals surface area (Å²) in [4.78, 5) is 2.48. The van der Waals surface area contributed by atoms with Gasteiger partial charge in [-0.15, -0.1) is 0 Å². The molecular formula is C19H24N2O5S. The normalized spacial score (nSPS) is 19.0. The van der Waals surface area contributed by atoms with E-state index in [1.54, 1.807) is 12.3 Å². The molecule has 3 heterocycles. The van der Waals surface area contributed by atoms with E-state index in [0.29, 0.717) is 11.5 Å². The zero-order chi connectivity index (χ0) is 18.7. The van der Waals surface area contributed by atoms with Crippen LogP contribution in [0, 0.1) is 0 Å². The fourth-order valence-corrected chi connectivity index (χ4v) is 4.67. The van der Waals surface area contributed by atoms with Crippen LogP contribution in [0.25, 0.3) is 0 Å². The molecule has 0 bridgehead atoms. The van der Waals surface area contributed by atoms with Gasteiger partial charge in [-0.1, -0.05) is 12.8 Å². The predicted molar refractivity (Wildman–Crippen MR) is 99.2 cm³/mol. The second-order valence-electron chi connectivity index (χ2n) is 6.85. The Bertz CT molecular complexity index is 858. The van der Waals surface area contributed by atoms with Gasteiger partial charge in [-0.2, -0.15) is 0 Å². The van der Waals surface area contributed by atoms with Gasteiger partial charge in [0.1, 0.15) is 5.76 Å². The maximum Gasteiger partial charge on any atom is 0.240 e. The number of ether oxygens (including phenoxy) is 2. The maximum atomic E-state index is 12.8. The van der Waals surface area contributed by atoms with Gasteiger partial charge in [0.25, 0.3) is 0 Å². The maximum absolute atomic E-state index is 12.8. The highest BCUT2D eigenvalue weighted by Crippen LogP contribution is 2.34. The molecule has 0 spiro atoms. The van der Waals surface area contributed by atoms with Crippen LogP contribution < -0.4 is 14.2 Å². The number of nitrogens with one attached hydrogen (secondary N) is 1. The van der Waals surface area contributed by atoms with Crippen LogP contribution in [0.5, 0.6) is 11.5 Å². The highest BCUT2D eigenvalue weighted by atomic mass is 32.2. The standard InChI is InChI=1S/C19H24N2O5S/c22-27(23,15-7-8-18-19(12-15)26-14-25-18)20-13-16(17-6-5-11-24-17)21-9-3-1-2-4-10-21/h5-8,11-12,16,20H,1-4,9-10,13-14H2/t16-/m1/s1. The van der Waals surface area contributed by atoms with Crippen LogP contribution in [0.3, 0.4) is 0 Å². The van der Waals surface area contributed by atoms with Crippen LogP contribution in [-0.4, -0.2) is 39.7 Å². The van der Waals surface area contributed by atoms with Crippen molar-refractivity contribution in [2.75, 3.05) is 26.4 Å². The van der Waals surface area contributed by atoms with E-state index in [1.807, 2.05) is 12.1 Å². The first kappa shape index (κ1) is 18.3. The monoisotopic (exact) mass is 392 g/mol. The Morgan fingerprint density at radius 3 is 2.56 bits per heavy atom. The molecule has 1 aromatic carbocycles. The molecule has 0 unspecified atom stereocenters. The number of hydrogen-bond acceptors (Lipinski definition) is 6. The summed E-state index contributed by atoms with van der Waals surface area (Å²) in [6.45, 7) is 2.25. The quantitative estimate of drug-likeness (QED) is 0.814. The second kappa shape index (κ2) is 7.92. The smallest absolute Gasteiger partial charge is 0.240 e. The van der Waals surface area contributed by atoms with E-state index in [0.717, 1.165) is 31.7 Å². The SMILES string of the molecule is O=S(=O)(NC[C@H](c1ccco1)N1CCCCCC1)c1ccc2c(c1)OCO2. The molecule has 2 aliphatic heterocycles. The van der Waals surface area contributed by atoms with Crippen molar-refractivity contribution in [3.63, 3.8) is 0 Å². The number of hydrogen-bond donors (Lipinski definition) is 1.